The molecule has 1 aromatic carbocycles. The fourth-order valence-electron chi connectivity index (χ4n) is 3.42. The van der Waals surface area contributed by atoms with Gasteiger partial charge in [-0.2, -0.15) is 0 Å². The van der Waals surface area contributed by atoms with E-state index in [1.54, 1.807) is 0 Å². The first-order valence-corrected chi connectivity index (χ1v) is 9.79. The highest BCUT2D eigenvalue weighted by molar-refractivity contribution is 5.62. The lowest BCUT2D eigenvalue weighted by Gasteiger charge is -2.15. The predicted molar refractivity (Wildman–Crippen MR) is 111 cm³/mol. The number of hydrogen-bond donors (Lipinski definition) is 1. The summed E-state index contributed by atoms with van der Waals surface area (Å²) in [4.78, 5) is 11.5. The standard InChI is InChI=1S/C22H27N5/c1-3-26(2)21-12-7-17(15-24-21)14-23-19-10-8-18(9-11-19)20-16-27-13-5-4-6-22(27)25-20/h7-12,15-16,23H,3-6,13-14H2,1-2H3. The summed E-state index contributed by atoms with van der Waals surface area (Å²) < 4.78 is 2.30. The van der Waals surface area contributed by atoms with Gasteiger partial charge in [0.1, 0.15) is 11.6 Å². The largest absolute Gasteiger partial charge is 0.381 e. The Kier molecular flexibility index (Phi) is 5.10. The maximum Gasteiger partial charge on any atom is 0.128 e. The number of aryl methyl sites for hydroxylation is 2. The Labute approximate surface area is 161 Å². The van der Waals surface area contributed by atoms with E-state index in [0.29, 0.717) is 0 Å². The van der Waals surface area contributed by atoms with E-state index in [-0.39, 0.29) is 0 Å². The molecule has 0 fully saturated rings. The van der Waals surface area contributed by atoms with Crippen molar-refractivity contribution in [1.82, 2.24) is 14.5 Å². The van der Waals surface area contributed by atoms with Crippen LogP contribution in [0.3, 0.4) is 0 Å². The normalized spacial score (nSPS) is 13.3. The molecule has 0 atom stereocenters. The average molecular weight is 361 g/mol. The SMILES string of the molecule is CCN(C)c1ccc(CNc2ccc(-c3cn4c(n3)CCCC4)cc2)cn1. The van der Waals surface area contributed by atoms with Crippen LogP contribution in [0.1, 0.15) is 31.2 Å². The van der Waals surface area contributed by atoms with Crippen LogP contribution in [0.2, 0.25) is 0 Å². The van der Waals surface area contributed by atoms with Crippen LogP contribution in [0.25, 0.3) is 11.3 Å². The molecule has 1 N–H and O–H groups in total. The Morgan fingerprint density at radius 3 is 2.67 bits per heavy atom. The summed E-state index contributed by atoms with van der Waals surface area (Å²) >= 11 is 0. The summed E-state index contributed by atoms with van der Waals surface area (Å²) in [5, 5.41) is 3.47. The summed E-state index contributed by atoms with van der Waals surface area (Å²) in [5.41, 5.74) is 4.54. The number of anilines is 2. The highest BCUT2D eigenvalue weighted by Gasteiger charge is 2.13. The zero-order valence-electron chi connectivity index (χ0n) is 16.2. The molecular formula is C22H27N5. The number of rotatable bonds is 6. The molecule has 0 amide bonds. The second-order valence-corrected chi connectivity index (χ2v) is 7.16. The Balaban J connectivity index is 1.38. The smallest absolute Gasteiger partial charge is 0.128 e. The molecular weight excluding hydrogens is 334 g/mol. The molecule has 27 heavy (non-hydrogen) atoms. The van der Waals surface area contributed by atoms with E-state index in [4.69, 9.17) is 4.98 Å². The highest BCUT2D eigenvalue weighted by atomic mass is 15.1. The lowest BCUT2D eigenvalue weighted by atomic mass is 10.1. The van der Waals surface area contributed by atoms with Gasteiger partial charge in [-0.1, -0.05) is 18.2 Å². The minimum atomic E-state index is 0.765. The third kappa shape index (κ3) is 3.97. The van der Waals surface area contributed by atoms with Crippen molar-refractivity contribution >= 4 is 11.5 Å². The molecule has 0 saturated heterocycles. The number of benzene rings is 1. The van der Waals surface area contributed by atoms with Crippen LogP contribution in [-0.4, -0.2) is 28.1 Å². The van der Waals surface area contributed by atoms with Gasteiger partial charge in [-0.15, -0.1) is 0 Å². The lowest BCUT2D eigenvalue weighted by molar-refractivity contribution is 0.522. The number of pyridine rings is 1. The Hall–Kier alpha value is -2.82. The Morgan fingerprint density at radius 2 is 1.96 bits per heavy atom. The van der Waals surface area contributed by atoms with Gasteiger partial charge < -0.3 is 14.8 Å². The van der Waals surface area contributed by atoms with Crippen LogP contribution in [0.15, 0.2) is 48.8 Å². The fourth-order valence-corrected chi connectivity index (χ4v) is 3.42. The van der Waals surface area contributed by atoms with Crippen molar-refractivity contribution in [2.75, 3.05) is 23.8 Å². The molecule has 0 bridgehead atoms. The quantitative estimate of drug-likeness (QED) is 0.709. The van der Waals surface area contributed by atoms with Gasteiger partial charge in [0.25, 0.3) is 0 Å². The van der Waals surface area contributed by atoms with E-state index in [2.05, 4.69) is 76.3 Å². The van der Waals surface area contributed by atoms with Gasteiger partial charge >= 0.3 is 0 Å². The van der Waals surface area contributed by atoms with Crippen molar-refractivity contribution < 1.29 is 0 Å². The molecule has 2 aromatic heterocycles. The molecule has 0 radical (unpaired) electrons. The van der Waals surface area contributed by atoms with Crippen LogP contribution < -0.4 is 10.2 Å². The molecule has 0 aliphatic carbocycles. The number of aromatic nitrogens is 3. The summed E-state index contributed by atoms with van der Waals surface area (Å²) in [5.74, 6) is 2.23. The zero-order chi connectivity index (χ0) is 18.6. The number of imidazole rings is 1. The number of hydrogen-bond acceptors (Lipinski definition) is 4. The summed E-state index contributed by atoms with van der Waals surface area (Å²) in [6, 6.07) is 12.7. The van der Waals surface area contributed by atoms with Crippen molar-refractivity contribution in [3.63, 3.8) is 0 Å². The molecule has 5 heteroatoms. The van der Waals surface area contributed by atoms with Crippen LogP contribution in [0.4, 0.5) is 11.5 Å². The van der Waals surface area contributed by atoms with Crippen molar-refractivity contribution in [3.8, 4) is 11.3 Å². The second kappa shape index (κ2) is 7.82. The van der Waals surface area contributed by atoms with Gasteiger partial charge in [0.15, 0.2) is 0 Å². The van der Waals surface area contributed by atoms with E-state index in [1.165, 1.54) is 29.8 Å². The molecule has 4 rings (SSSR count). The predicted octanol–water partition coefficient (Wildman–Crippen LogP) is 4.35. The average Bonchev–Trinajstić information content (AvgIpc) is 3.17. The van der Waals surface area contributed by atoms with Gasteiger partial charge in [-0.3, -0.25) is 0 Å². The van der Waals surface area contributed by atoms with Crippen molar-refractivity contribution in [3.05, 3.63) is 60.2 Å². The third-order valence-corrected chi connectivity index (χ3v) is 5.26. The first-order chi connectivity index (χ1) is 13.2. The van der Waals surface area contributed by atoms with E-state index in [9.17, 15) is 0 Å². The molecule has 0 unspecified atom stereocenters. The molecule has 0 spiro atoms. The minimum absolute atomic E-state index is 0.765. The van der Waals surface area contributed by atoms with Gasteiger partial charge in [-0.25, -0.2) is 9.97 Å². The third-order valence-electron chi connectivity index (χ3n) is 5.26. The summed E-state index contributed by atoms with van der Waals surface area (Å²) in [6.45, 7) is 4.94. The topological polar surface area (TPSA) is 46.0 Å². The molecule has 3 aromatic rings. The Bertz CT molecular complexity index is 857. The maximum atomic E-state index is 4.80. The monoisotopic (exact) mass is 361 g/mol. The molecule has 3 heterocycles. The summed E-state index contributed by atoms with van der Waals surface area (Å²) in [7, 11) is 2.05. The van der Waals surface area contributed by atoms with Gasteiger partial charge in [0, 0.05) is 56.7 Å². The second-order valence-electron chi connectivity index (χ2n) is 7.16. The van der Waals surface area contributed by atoms with Gasteiger partial charge in [-0.05, 0) is 43.5 Å². The lowest BCUT2D eigenvalue weighted by Crippen LogP contribution is -2.17. The fraction of sp³-hybridized carbons (Fsp3) is 0.364. The Morgan fingerprint density at radius 1 is 1.11 bits per heavy atom. The zero-order valence-corrected chi connectivity index (χ0v) is 16.2. The van der Waals surface area contributed by atoms with Gasteiger partial charge in [0.2, 0.25) is 0 Å². The van der Waals surface area contributed by atoms with Crippen molar-refractivity contribution in [2.45, 2.75) is 39.3 Å². The van der Waals surface area contributed by atoms with E-state index in [1.807, 2.05) is 6.20 Å². The number of nitrogens with zero attached hydrogens (tertiary/aromatic N) is 4. The van der Waals surface area contributed by atoms with Crippen LogP contribution >= 0.6 is 0 Å². The highest BCUT2D eigenvalue weighted by Crippen LogP contribution is 2.24. The van der Waals surface area contributed by atoms with Crippen LogP contribution in [0, 0.1) is 0 Å². The molecule has 5 nitrogen and oxygen atoms in total. The molecule has 1 aliphatic rings. The molecule has 0 saturated carbocycles. The van der Waals surface area contributed by atoms with E-state index >= 15 is 0 Å². The molecule has 1 aliphatic heterocycles. The first kappa shape index (κ1) is 17.6. The minimum Gasteiger partial charge on any atom is -0.381 e. The number of nitrogens with one attached hydrogen (secondary N) is 1. The molecule has 140 valence electrons. The first-order valence-electron chi connectivity index (χ1n) is 9.79. The van der Waals surface area contributed by atoms with Gasteiger partial charge in [0.05, 0.1) is 5.69 Å². The maximum absolute atomic E-state index is 4.80. The number of fused-ring (bicyclic) bond motifs is 1. The van der Waals surface area contributed by atoms with Crippen molar-refractivity contribution in [1.29, 1.82) is 0 Å². The van der Waals surface area contributed by atoms with E-state index in [0.717, 1.165) is 43.3 Å². The van der Waals surface area contributed by atoms with Crippen LogP contribution in [0.5, 0.6) is 0 Å². The van der Waals surface area contributed by atoms with Crippen molar-refractivity contribution in [2.24, 2.45) is 0 Å². The van der Waals surface area contributed by atoms with E-state index < -0.39 is 0 Å². The summed E-state index contributed by atoms with van der Waals surface area (Å²) in [6.07, 6.45) is 7.75. The van der Waals surface area contributed by atoms with Crippen LogP contribution in [-0.2, 0) is 19.5 Å².